The van der Waals surface area contributed by atoms with E-state index in [0.717, 1.165) is 37.7 Å². The maximum atomic E-state index is 13.7. The van der Waals surface area contributed by atoms with Gasteiger partial charge in [0.25, 0.3) is 0 Å². The van der Waals surface area contributed by atoms with Crippen LogP contribution in [0.4, 0.5) is 0 Å². The van der Waals surface area contributed by atoms with Crippen molar-refractivity contribution in [3.8, 4) is 11.5 Å². The Balaban J connectivity index is 1.87. The number of hydrogen-bond donors (Lipinski definition) is 0. The molecule has 0 atom stereocenters. The maximum Gasteiger partial charge on any atom is 0.243 e. The third-order valence-electron chi connectivity index (χ3n) is 5.92. The Morgan fingerprint density at radius 1 is 0.969 bits per heavy atom. The molecular formula is C24H32N2O5S. The van der Waals surface area contributed by atoms with Gasteiger partial charge in [-0.05, 0) is 30.5 Å². The lowest BCUT2D eigenvalue weighted by Gasteiger charge is -2.34. The van der Waals surface area contributed by atoms with Gasteiger partial charge in [0.05, 0.1) is 25.7 Å². The summed E-state index contributed by atoms with van der Waals surface area (Å²) in [4.78, 5) is 14.8. The summed E-state index contributed by atoms with van der Waals surface area (Å²) in [6.45, 7) is 0.235. The van der Waals surface area contributed by atoms with Crippen molar-refractivity contribution < 1.29 is 22.7 Å². The molecule has 174 valence electrons. The van der Waals surface area contributed by atoms with E-state index in [2.05, 4.69) is 0 Å². The lowest BCUT2D eigenvalue weighted by Crippen LogP contribution is -2.47. The summed E-state index contributed by atoms with van der Waals surface area (Å²) >= 11 is 0. The first kappa shape index (κ1) is 24.1. The molecule has 0 heterocycles. The number of hydrogen-bond acceptors (Lipinski definition) is 5. The van der Waals surface area contributed by atoms with Crippen molar-refractivity contribution in [2.75, 3.05) is 27.8 Å². The molecule has 1 aliphatic rings. The maximum absolute atomic E-state index is 13.7. The van der Waals surface area contributed by atoms with Crippen molar-refractivity contribution >= 4 is 15.9 Å². The third-order valence-corrected chi connectivity index (χ3v) is 7.82. The zero-order valence-electron chi connectivity index (χ0n) is 19.0. The fourth-order valence-corrected chi connectivity index (χ4v) is 5.74. The summed E-state index contributed by atoms with van der Waals surface area (Å²) in [5.74, 6) is 0.558. The number of methoxy groups -OCH3 is 2. The average molecular weight is 461 g/mol. The monoisotopic (exact) mass is 460 g/mol. The van der Waals surface area contributed by atoms with Crippen LogP contribution < -0.4 is 9.47 Å². The van der Waals surface area contributed by atoms with Gasteiger partial charge in [-0.25, -0.2) is 8.42 Å². The average Bonchev–Trinajstić information content (AvgIpc) is 2.82. The second-order valence-corrected chi connectivity index (χ2v) is 9.98. The Morgan fingerprint density at radius 3 is 2.25 bits per heavy atom. The van der Waals surface area contributed by atoms with Crippen molar-refractivity contribution in [2.45, 2.75) is 49.6 Å². The lowest BCUT2D eigenvalue weighted by atomic mass is 9.95. The van der Waals surface area contributed by atoms with E-state index in [1.54, 1.807) is 18.0 Å². The van der Waals surface area contributed by atoms with Crippen LogP contribution in [0.25, 0.3) is 0 Å². The van der Waals surface area contributed by atoms with Gasteiger partial charge in [-0.3, -0.25) is 4.79 Å². The van der Waals surface area contributed by atoms with E-state index in [1.807, 2.05) is 30.3 Å². The second kappa shape index (κ2) is 10.8. The molecule has 2 aromatic rings. The molecule has 0 saturated heterocycles. The molecule has 0 bridgehead atoms. The van der Waals surface area contributed by atoms with Crippen molar-refractivity contribution in [3.63, 3.8) is 0 Å². The van der Waals surface area contributed by atoms with Gasteiger partial charge in [0.1, 0.15) is 0 Å². The van der Waals surface area contributed by atoms with Crippen molar-refractivity contribution in [2.24, 2.45) is 0 Å². The van der Waals surface area contributed by atoms with Gasteiger partial charge < -0.3 is 14.4 Å². The van der Waals surface area contributed by atoms with Crippen LogP contribution in [-0.2, 0) is 21.4 Å². The summed E-state index contributed by atoms with van der Waals surface area (Å²) in [7, 11) is 0.765. The summed E-state index contributed by atoms with van der Waals surface area (Å²) < 4.78 is 39.3. The van der Waals surface area contributed by atoms with E-state index < -0.39 is 10.0 Å². The molecule has 8 heteroatoms. The summed E-state index contributed by atoms with van der Waals surface area (Å²) in [5, 5.41) is 0. The Morgan fingerprint density at radius 2 is 1.62 bits per heavy atom. The minimum Gasteiger partial charge on any atom is -0.493 e. The van der Waals surface area contributed by atoms with E-state index in [9.17, 15) is 13.2 Å². The number of ether oxygens (including phenoxy) is 2. The molecule has 0 aliphatic heterocycles. The second-order valence-electron chi connectivity index (χ2n) is 8.09. The zero-order chi connectivity index (χ0) is 23.1. The molecule has 3 rings (SSSR count). The number of sulfonamides is 1. The number of likely N-dealkylation sites (N-methyl/N-ethyl adjacent to an activating group) is 1. The molecular weight excluding hydrogens is 428 g/mol. The number of rotatable bonds is 9. The normalized spacial score (nSPS) is 14.9. The number of nitrogens with zero attached hydrogens (tertiary/aromatic N) is 2. The van der Waals surface area contributed by atoms with Crippen molar-refractivity contribution in [1.29, 1.82) is 0 Å². The summed E-state index contributed by atoms with van der Waals surface area (Å²) in [6, 6.07) is 14.0. The molecule has 7 nitrogen and oxygen atoms in total. The van der Waals surface area contributed by atoms with Gasteiger partial charge in [0, 0.05) is 25.7 Å². The van der Waals surface area contributed by atoms with Gasteiger partial charge >= 0.3 is 0 Å². The van der Waals surface area contributed by atoms with Gasteiger partial charge in [-0.2, -0.15) is 4.31 Å². The molecule has 1 amide bonds. The van der Waals surface area contributed by atoms with Gasteiger partial charge in [-0.15, -0.1) is 0 Å². The van der Waals surface area contributed by atoms with Crippen molar-refractivity contribution in [3.05, 3.63) is 54.1 Å². The van der Waals surface area contributed by atoms with Crippen molar-refractivity contribution in [1.82, 2.24) is 9.21 Å². The zero-order valence-corrected chi connectivity index (χ0v) is 19.8. The largest absolute Gasteiger partial charge is 0.493 e. The smallest absolute Gasteiger partial charge is 0.243 e. The number of benzene rings is 2. The summed E-state index contributed by atoms with van der Waals surface area (Å²) in [5.41, 5.74) is 0.996. The first-order valence-corrected chi connectivity index (χ1v) is 12.3. The molecule has 1 fully saturated rings. The van der Waals surface area contributed by atoms with E-state index in [0.29, 0.717) is 18.0 Å². The number of carbonyl (C=O) groups excluding carboxylic acids is 1. The van der Waals surface area contributed by atoms with Gasteiger partial charge in [0.2, 0.25) is 15.9 Å². The lowest BCUT2D eigenvalue weighted by molar-refractivity contribution is -0.131. The Labute approximate surface area is 191 Å². The highest BCUT2D eigenvalue weighted by Crippen LogP contribution is 2.33. The first-order chi connectivity index (χ1) is 15.4. The van der Waals surface area contributed by atoms with Gasteiger partial charge in [-0.1, -0.05) is 49.6 Å². The number of carbonyl (C=O) groups is 1. The van der Waals surface area contributed by atoms with Crippen LogP contribution in [-0.4, -0.2) is 57.4 Å². The van der Waals surface area contributed by atoms with Crippen LogP contribution in [0.15, 0.2) is 53.4 Å². The third kappa shape index (κ3) is 5.61. The predicted octanol–water partition coefficient (Wildman–Crippen LogP) is 3.69. The van der Waals surface area contributed by atoms with Crippen LogP contribution >= 0.6 is 0 Å². The number of amides is 1. The highest BCUT2D eigenvalue weighted by Gasteiger charge is 2.35. The summed E-state index contributed by atoms with van der Waals surface area (Å²) in [6.07, 6.45) is 4.50. The fourth-order valence-electron chi connectivity index (χ4n) is 4.09. The molecule has 0 aromatic heterocycles. The standard InChI is InChI=1S/C24H32N2O5S/c1-25(17-19-10-6-4-7-11-19)24(27)18-26(20-12-8-5-9-13-20)32(28,29)21-14-15-22(30-2)23(16-21)31-3/h4,6-7,10-11,14-16,20H,5,8-9,12-13,17-18H2,1-3H3. The van der Waals surface area contributed by atoms with Crippen LogP contribution in [0.3, 0.4) is 0 Å². The Hall–Kier alpha value is -2.58. The predicted molar refractivity (Wildman–Crippen MR) is 123 cm³/mol. The minimum atomic E-state index is -3.91. The SMILES string of the molecule is COc1ccc(S(=O)(=O)N(CC(=O)N(C)Cc2ccccc2)C2CCCCC2)cc1OC. The Kier molecular flexibility index (Phi) is 8.15. The molecule has 1 saturated carbocycles. The van der Waals surface area contributed by atoms with Gasteiger partial charge in [0.15, 0.2) is 11.5 Å². The molecule has 32 heavy (non-hydrogen) atoms. The van der Waals surface area contributed by atoms with Crippen LogP contribution in [0, 0.1) is 0 Å². The molecule has 2 aromatic carbocycles. The molecule has 0 radical (unpaired) electrons. The highest BCUT2D eigenvalue weighted by atomic mass is 32.2. The first-order valence-electron chi connectivity index (χ1n) is 10.9. The van der Waals surface area contributed by atoms with E-state index in [1.165, 1.54) is 30.7 Å². The fraction of sp³-hybridized carbons (Fsp3) is 0.458. The van der Waals surface area contributed by atoms with Crippen LogP contribution in [0.1, 0.15) is 37.7 Å². The molecule has 0 N–H and O–H groups in total. The molecule has 0 spiro atoms. The molecule has 0 unspecified atom stereocenters. The van der Waals surface area contributed by atoms with E-state index in [-0.39, 0.29) is 23.4 Å². The quantitative estimate of drug-likeness (QED) is 0.571. The van der Waals surface area contributed by atoms with Crippen LogP contribution in [0.2, 0.25) is 0 Å². The van der Waals surface area contributed by atoms with E-state index >= 15 is 0 Å². The molecule has 1 aliphatic carbocycles. The minimum absolute atomic E-state index is 0.0965. The van der Waals surface area contributed by atoms with Crippen LogP contribution in [0.5, 0.6) is 11.5 Å². The topological polar surface area (TPSA) is 76.2 Å². The Bertz CT molecular complexity index is 1000. The highest BCUT2D eigenvalue weighted by molar-refractivity contribution is 7.89. The van der Waals surface area contributed by atoms with E-state index in [4.69, 9.17) is 9.47 Å².